The van der Waals surface area contributed by atoms with E-state index >= 15 is 0 Å². The van der Waals surface area contributed by atoms with Gasteiger partial charge in [0.1, 0.15) is 0 Å². The molecule has 1 heterocycles. The zero-order valence-corrected chi connectivity index (χ0v) is 12.2. The van der Waals surface area contributed by atoms with Crippen LogP contribution in [0.15, 0.2) is 0 Å². The second-order valence-corrected chi connectivity index (χ2v) is 7.27. The lowest BCUT2D eigenvalue weighted by molar-refractivity contribution is 0.0755. The molecule has 2 heteroatoms. The Morgan fingerprint density at radius 1 is 1.24 bits per heavy atom. The fourth-order valence-corrected chi connectivity index (χ4v) is 3.32. The predicted octanol–water partition coefficient (Wildman–Crippen LogP) is 2.89. The first-order valence-corrected chi connectivity index (χ1v) is 7.41. The highest BCUT2D eigenvalue weighted by Gasteiger charge is 2.39. The average Bonchev–Trinajstić information content (AvgIpc) is 2.65. The molecule has 1 spiro atoms. The summed E-state index contributed by atoms with van der Waals surface area (Å²) < 4.78 is 0. The summed E-state index contributed by atoms with van der Waals surface area (Å²) in [7, 11) is 0. The van der Waals surface area contributed by atoms with Gasteiger partial charge in [-0.05, 0) is 24.2 Å². The van der Waals surface area contributed by atoms with Gasteiger partial charge in [0, 0.05) is 31.7 Å². The maximum absolute atomic E-state index is 3.80. The monoisotopic (exact) mass is 238 g/mol. The topological polar surface area (TPSA) is 15.3 Å². The molecule has 0 aromatic rings. The SMILES string of the molecule is CC(C)C(C)(C)CN1CCNC2(CCCC2)C1. The molecule has 1 aliphatic carbocycles. The molecule has 2 nitrogen and oxygen atoms in total. The van der Waals surface area contributed by atoms with E-state index in [4.69, 9.17) is 0 Å². The minimum absolute atomic E-state index is 0.442. The molecule has 0 aromatic heterocycles. The Morgan fingerprint density at radius 2 is 1.88 bits per heavy atom. The number of nitrogens with one attached hydrogen (secondary N) is 1. The summed E-state index contributed by atoms with van der Waals surface area (Å²) in [6.45, 7) is 14.5. The third-order valence-corrected chi connectivity index (χ3v) is 5.21. The predicted molar refractivity (Wildman–Crippen MR) is 74.3 cm³/mol. The summed E-state index contributed by atoms with van der Waals surface area (Å²) >= 11 is 0. The van der Waals surface area contributed by atoms with Crippen molar-refractivity contribution in [2.45, 2.75) is 58.9 Å². The van der Waals surface area contributed by atoms with Crippen LogP contribution in [-0.2, 0) is 0 Å². The Morgan fingerprint density at radius 3 is 2.47 bits per heavy atom. The number of piperazine rings is 1. The molecule has 17 heavy (non-hydrogen) atoms. The van der Waals surface area contributed by atoms with Gasteiger partial charge in [0.15, 0.2) is 0 Å². The highest BCUT2D eigenvalue weighted by atomic mass is 15.2. The van der Waals surface area contributed by atoms with Gasteiger partial charge in [-0.25, -0.2) is 0 Å². The third kappa shape index (κ3) is 3.03. The van der Waals surface area contributed by atoms with E-state index in [2.05, 4.69) is 37.9 Å². The number of hydrogen-bond acceptors (Lipinski definition) is 2. The zero-order chi connectivity index (χ0) is 12.5. The van der Waals surface area contributed by atoms with Crippen LogP contribution in [0.4, 0.5) is 0 Å². The standard InChI is InChI=1S/C15H30N2/c1-13(2)14(3,4)11-17-10-9-16-15(12-17)7-5-6-8-15/h13,16H,5-12H2,1-4H3. The molecule has 0 aromatic carbocycles. The Hall–Kier alpha value is -0.0800. The van der Waals surface area contributed by atoms with Crippen molar-refractivity contribution >= 4 is 0 Å². The van der Waals surface area contributed by atoms with Crippen molar-refractivity contribution in [3.63, 3.8) is 0 Å². The molecule has 0 unspecified atom stereocenters. The summed E-state index contributed by atoms with van der Waals surface area (Å²) in [6.07, 6.45) is 5.64. The molecule has 2 fully saturated rings. The normalized spacial score (nSPS) is 25.9. The van der Waals surface area contributed by atoms with Crippen molar-refractivity contribution in [2.75, 3.05) is 26.2 Å². The molecule has 1 N–H and O–H groups in total. The van der Waals surface area contributed by atoms with Crippen LogP contribution in [0.25, 0.3) is 0 Å². The van der Waals surface area contributed by atoms with Gasteiger partial charge in [0.2, 0.25) is 0 Å². The highest BCUT2D eigenvalue weighted by Crippen LogP contribution is 2.34. The van der Waals surface area contributed by atoms with Gasteiger partial charge in [-0.2, -0.15) is 0 Å². The molecule has 0 amide bonds. The Balaban J connectivity index is 1.93. The lowest BCUT2D eigenvalue weighted by Gasteiger charge is -2.45. The molecule has 0 bridgehead atoms. The van der Waals surface area contributed by atoms with Crippen LogP contribution in [0.1, 0.15) is 53.4 Å². The van der Waals surface area contributed by atoms with E-state index in [-0.39, 0.29) is 0 Å². The highest BCUT2D eigenvalue weighted by molar-refractivity contribution is 4.98. The van der Waals surface area contributed by atoms with Crippen molar-refractivity contribution in [1.82, 2.24) is 10.2 Å². The lowest BCUT2D eigenvalue weighted by Crippen LogP contribution is -2.60. The van der Waals surface area contributed by atoms with Gasteiger partial charge < -0.3 is 5.32 Å². The summed E-state index contributed by atoms with van der Waals surface area (Å²) in [5, 5.41) is 3.80. The molecule has 100 valence electrons. The summed E-state index contributed by atoms with van der Waals surface area (Å²) in [6, 6.07) is 0. The molecule has 2 rings (SSSR count). The first kappa shape index (κ1) is 13.4. The van der Waals surface area contributed by atoms with Gasteiger partial charge in [-0.15, -0.1) is 0 Å². The van der Waals surface area contributed by atoms with Gasteiger partial charge in [-0.3, -0.25) is 4.90 Å². The average molecular weight is 238 g/mol. The van der Waals surface area contributed by atoms with Gasteiger partial charge in [0.05, 0.1) is 0 Å². The van der Waals surface area contributed by atoms with E-state index in [1.807, 2.05) is 0 Å². The third-order valence-electron chi connectivity index (χ3n) is 5.21. The molecule has 1 saturated heterocycles. The molecule has 1 aliphatic heterocycles. The second-order valence-electron chi connectivity index (χ2n) is 7.27. The van der Waals surface area contributed by atoms with Crippen molar-refractivity contribution in [3.05, 3.63) is 0 Å². The van der Waals surface area contributed by atoms with Crippen LogP contribution in [0.5, 0.6) is 0 Å². The van der Waals surface area contributed by atoms with Gasteiger partial charge in [0.25, 0.3) is 0 Å². The molecular weight excluding hydrogens is 208 g/mol. The molecule has 0 atom stereocenters. The first-order valence-electron chi connectivity index (χ1n) is 7.41. The van der Waals surface area contributed by atoms with Crippen LogP contribution >= 0.6 is 0 Å². The summed E-state index contributed by atoms with van der Waals surface area (Å²) in [4.78, 5) is 2.71. The molecule has 0 radical (unpaired) electrons. The number of rotatable bonds is 3. The Bertz CT molecular complexity index is 250. The van der Waals surface area contributed by atoms with Crippen molar-refractivity contribution in [3.8, 4) is 0 Å². The zero-order valence-electron chi connectivity index (χ0n) is 12.2. The van der Waals surface area contributed by atoms with E-state index in [1.54, 1.807) is 0 Å². The van der Waals surface area contributed by atoms with E-state index in [0.29, 0.717) is 11.0 Å². The lowest BCUT2D eigenvalue weighted by atomic mass is 9.80. The smallest absolute Gasteiger partial charge is 0.0309 e. The Labute approximate surface area is 107 Å². The van der Waals surface area contributed by atoms with Gasteiger partial charge >= 0.3 is 0 Å². The van der Waals surface area contributed by atoms with Crippen LogP contribution in [0, 0.1) is 11.3 Å². The van der Waals surface area contributed by atoms with E-state index in [0.717, 1.165) is 5.92 Å². The van der Waals surface area contributed by atoms with Crippen LogP contribution in [-0.4, -0.2) is 36.6 Å². The Kier molecular flexibility index (Phi) is 3.84. The fraction of sp³-hybridized carbons (Fsp3) is 1.00. The number of hydrogen-bond donors (Lipinski definition) is 1. The van der Waals surface area contributed by atoms with Crippen LogP contribution in [0.2, 0.25) is 0 Å². The summed E-state index contributed by atoms with van der Waals surface area (Å²) in [5.41, 5.74) is 0.919. The minimum atomic E-state index is 0.442. The van der Waals surface area contributed by atoms with Crippen molar-refractivity contribution < 1.29 is 0 Å². The van der Waals surface area contributed by atoms with Crippen LogP contribution < -0.4 is 5.32 Å². The molecule has 1 saturated carbocycles. The summed E-state index contributed by atoms with van der Waals surface area (Å²) in [5.74, 6) is 0.761. The first-order chi connectivity index (χ1) is 7.94. The van der Waals surface area contributed by atoms with E-state index in [1.165, 1.54) is 51.9 Å². The minimum Gasteiger partial charge on any atom is -0.309 e. The van der Waals surface area contributed by atoms with Crippen molar-refractivity contribution in [1.29, 1.82) is 0 Å². The van der Waals surface area contributed by atoms with Crippen LogP contribution in [0.3, 0.4) is 0 Å². The molecule has 2 aliphatic rings. The van der Waals surface area contributed by atoms with Gasteiger partial charge in [-0.1, -0.05) is 40.5 Å². The van der Waals surface area contributed by atoms with E-state index < -0.39 is 0 Å². The number of nitrogens with zero attached hydrogens (tertiary/aromatic N) is 1. The quantitative estimate of drug-likeness (QED) is 0.813. The fourth-order valence-electron chi connectivity index (χ4n) is 3.32. The molecular formula is C15H30N2. The largest absolute Gasteiger partial charge is 0.309 e. The maximum atomic E-state index is 3.80. The van der Waals surface area contributed by atoms with Crippen molar-refractivity contribution in [2.24, 2.45) is 11.3 Å². The second kappa shape index (κ2) is 4.89. The van der Waals surface area contributed by atoms with E-state index in [9.17, 15) is 0 Å². The maximum Gasteiger partial charge on any atom is 0.0309 e.